The van der Waals surface area contributed by atoms with Gasteiger partial charge in [0.15, 0.2) is 6.10 Å². The number of nitrogens with zero attached hydrogens (tertiary/aromatic N) is 1. The van der Waals surface area contributed by atoms with Gasteiger partial charge >= 0.3 is 5.97 Å². The summed E-state index contributed by atoms with van der Waals surface area (Å²) in [5, 5.41) is 0. The maximum absolute atomic E-state index is 13.1. The van der Waals surface area contributed by atoms with Gasteiger partial charge in [0.05, 0.1) is 11.8 Å². The highest BCUT2D eigenvalue weighted by Gasteiger charge is 2.67. The van der Waals surface area contributed by atoms with Crippen LogP contribution in [0.25, 0.3) is 0 Å². The normalized spacial score (nSPS) is 34.1. The van der Waals surface area contributed by atoms with E-state index < -0.39 is 18.1 Å². The molecule has 160 valence electrons. The molecular formula is C22H23Br2NO5. The van der Waals surface area contributed by atoms with Crippen molar-refractivity contribution >= 4 is 55.4 Å². The summed E-state index contributed by atoms with van der Waals surface area (Å²) in [5.74, 6) is -2.29. The van der Waals surface area contributed by atoms with Crippen molar-refractivity contribution in [2.75, 3.05) is 0 Å². The number of halogens is 2. The monoisotopic (exact) mass is 539 g/mol. The Morgan fingerprint density at radius 1 is 1.00 bits per heavy atom. The highest BCUT2D eigenvalue weighted by Crippen LogP contribution is 2.60. The van der Waals surface area contributed by atoms with Gasteiger partial charge in [-0.3, -0.25) is 19.3 Å². The van der Waals surface area contributed by atoms with Gasteiger partial charge in [0.2, 0.25) is 17.6 Å². The first-order valence-electron chi connectivity index (χ1n) is 10.1. The number of benzene rings is 1. The fraction of sp³-hybridized carbons (Fsp3) is 0.545. The third-order valence-electron chi connectivity index (χ3n) is 6.75. The second-order valence-electron chi connectivity index (χ2n) is 8.54. The first-order chi connectivity index (χ1) is 14.1. The number of hydrogen-bond acceptors (Lipinski definition) is 5. The zero-order valence-corrected chi connectivity index (χ0v) is 20.1. The van der Waals surface area contributed by atoms with E-state index in [1.165, 1.54) is 13.8 Å². The summed E-state index contributed by atoms with van der Waals surface area (Å²) >= 11 is 7.30. The Labute approximate surface area is 192 Å². The maximum atomic E-state index is 13.1. The van der Waals surface area contributed by atoms with Crippen LogP contribution in [0.15, 0.2) is 24.3 Å². The molecule has 1 aliphatic heterocycles. The Balaban J connectivity index is 1.45. The fourth-order valence-electron chi connectivity index (χ4n) is 5.14. The van der Waals surface area contributed by atoms with Gasteiger partial charge in [0.1, 0.15) is 6.04 Å². The molecule has 2 bridgehead atoms. The molecule has 3 aliphatic rings. The summed E-state index contributed by atoms with van der Waals surface area (Å²) < 4.78 is 5.35. The lowest BCUT2D eigenvalue weighted by Crippen LogP contribution is -2.46. The molecule has 0 aromatic heterocycles. The maximum Gasteiger partial charge on any atom is 0.329 e. The van der Waals surface area contributed by atoms with Crippen molar-refractivity contribution in [1.82, 2.24) is 4.90 Å². The van der Waals surface area contributed by atoms with Crippen LogP contribution in [-0.2, 0) is 19.1 Å². The molecule has 30 heavy (non-hydrogen) atoms. The lowest BCUT2D eigenvalue weighted by Gasteiger charge is -2.28. The summed E-state index contributed by atoms with van der Waals surface area (Å²) in [6, 6.07) is 5.93. The lowest BCUT2D eigenvalue weighted by molar-refractivity contribution is -0.160. The van der Waals surface area contributed by atoms with Gasteiger partial charge in [0.25, 0.3) is 0 Å². The predicted molar refractivity (Wildman–Crippen MR) is 116 cm³/mol. The number of imide groups is 1. The van der Waals surface area contributed by atoms with Crippen LogP contribution in [0.1, 0.15) is 36.2 Å². The van der Waals surface area contributed by atoms with Crippen molar-refractivity contribution < 1.29 is 23.9 Å². The second kappa shape index (κ2) is 7.86. The molecule has 1 heterocycles. The first kappa shape index (κ1) is 21.7. The Bertz CT molecular complexity index is 885. The first-order valence-corrected chi connectivity index (χ1v) is 11.9. The summed E-state index contributed by atoms with van der Waals surface area (Å²) in [5.41, 5.74) is 1.46. The van der Waals surface area contributed by atoms with Gasteiger partial charge in [-0.2, -0.15) is 0 Å². The molecule has 2 saturated carbocycles. The highest BCUT2D eigenvalue weighted by molar-refractivity contribution is 9.12. The van der Waals surface area contributed by atoms with E-state index in [1.807, 2.05) is 19.1 Å². The van der Waals surface area contributed by atoms with Crippen molar-refractivity contribution in [3.63, 3.8) is 0 Å². The van der Waals surface area contributed by atoms with Crippen LogP contribution in [0.5, 0.6) is 0 Å². The molecule has 4 rings (SSSR count). The average Bonchev–Trinajstić information content (AvgIpc) is 3.32. The van der Waals surface area contributed by atoms with Crippen LogP contribution in [0.3, 0.4) is 0 Å². The van der Waals surface area contributed by atoms with E-state index in [-0.39, 0.29) is 50.9 Å². The molecule has 1 saturated heterocycles. The van der Waals surface area contributed by atoms with Gasteiger partial charge in [-0.1, -0.05) is 61.7 Å². The number of carbonyl (C=O) groups excluding carboxylic acids is 4. The van der Waals surface area contributed by atoms with Crippen molar-refractivity contribution in [3.8, 4) is 0 Å². The zero-order valence-electron chi connectivity index (χ0n) is 16.9. The van der Waals surface area contributed by atoms with E-state index >= 15 is 0 Å². The lowest BCUT2D eigenvalue weighted by atomic mass is 9.81. The van der Waals surface area contributed by atoms with Crippen molar-refractivity contribution in [2.24, 2.45) is 23.7 Å². The number of rotatable bonds is 5. The van der Waals surface area contributed by atoms with E-state index in [1.54, 1.807) is 12.1 Å². The third-order valence-corrected chi connectivity index (χ3v) is 9.95. The van der Waals surface area contributed by atoms with E-state index in [0.29, 0.717) is 5.56 Å². The SMILES string of the molecule is Cc1ccc(C(=O)[C@H](C)OC(=O)[C@H](C)N2C(=O)[C@@H]3[C@H]4C[C@@H]([C@H](Br)[C@H]4Br)[C@@H]3C2=O)cc1. The van der Waals surface area contributed by atoms with Crippen LogP contribution in [-0.4, -0.2) is 50.3 Å². The number of likely N-dealkylation sites (tertiary alicyclic amines) is 1. The van der Waals surface area contributed by atoms with Crippen molar-refractivity contribution in [1.29, 1.82) is 0 Å². The average molecular weight is 541 g/mol. The second-order valence-corrected chi connectivity index (χ2v) is 10.7. The number of Topliss-reactive ketones (excluding diaryl/α,β-unsaturated/α-hetero) is 1. The van der Waals surface area contributed by atoms with E-state index in [9.17, 15) is 19.2 Å². The third kappa shape index (κ3) is 3.27. The van der Waals surface area contributed by atoms with Gasteiger partial charge in [-0.05, 0) is 39.0 Å². The number of carbonyl (C=O) groups is 4. The number of ether oxygens (including phenoxy) is 1. The number of fused-ring (bicyclic) bond motifs is 5. The van der Waals surface area contributed by atoms with Gasteiger partial charge < -0.3 is 4.74 Å². The van der Waals surface area contributed by atoms with Crippen LogP contribution >= 0.6 is 31.9 Å². The van der Waals surface area contributed by atoms with Crippen molar-refractivity contribution in [2.45, 2.75) is 49.0 Å². The van der Waals surface area contributed by atoms with Crippen LogP contribution in [0.2, 0.25) is 0 Å². The number of amides is 2. The molecule has 0 unspecified atom stereocenters. The standard InChI is InChI=1S/C22H23Br2NO5/c1-9-4-6-12(7-5-9)19(26)11(3)30-22(29)10(2)25-20(27)15-13-8-14(16(15)21(25)28)18(24)17(13)23/h4-7,10-11,13-18H,8H2,1-3H3/t10-,11-,13+,14+,15-,16+,17-,18-/m0/s1. The largest absolute Gasteiger partial charge is 0.453 e. The molecular weight excluding hydrogens is 518 g/mol. The van der Waals surface area contributed by atoms with Gasteiger partial charge in [-0.25, -0.2) is 4.79 Å². The number of ketones is 1. The molecule has 1 aromatic carbocycles. The summed E-state index contributed by atoms with van der Waals surface area (Å²) in [6.07, 6.45) is -0.182. The molecule has 0 radical (unpaired) electrons. The molecule has 2 amide bonds. The number of hydrogen-bond donors (Lipinski definition) is 0. The number of aryl methyl sites for hydroxylation is 1. The molecule has 8 heteroatoms. The molecule has 6 nitrogen and oxygen atoms in total. The quantitative estimate of drug-likeness (QED) is 0.248. The van der Waals surface area contributed by atoms with E-state index in [2.05, 4.69) is 31.9 Å². The summed E-state index contributed by atoms with van der Waals surface area (Å²) in [4.78, 5) is 52.7. The van der Waals surface area contributed by atoms with Crippen LogP contribution in [0.4, 0.5) is 0 Å². The molecule has 3 fully saturated rings. The molecule has 0 spiro atoms. The Morgan fingerprint density at radius 3 is 2.00 bits per heavy atom. The number of alkyl halides is 2. The van der Waals surface area contributed by atoms with Crippen LogP contribution in [0, 0.1) is 30.6 Å². The zero-order chi connectivity index (χ0) is 21.9. The predicted octanol–water partition coefficient (Wildman–Crippen LogP) is 3.28. The number of esters is 1. The van der Waals surface area contributed by atoms with Gasteiger partial charge in [-0.15, -0.1) is 0 Å². The van der Waals surface area contributed by atoms with Crippen molar-refractivity contribution in [3.05, 3.63) is 35.4 Å². The molecule has 1 aromatic rings. The smallest absolute Gasteiger partial charge is 0.329 e. The van der Waals surface area contributed by atoms with E-state index in [4.69, 9.17) is 4.74 Å². The Morgan fingerprint density at radius 2 is 1.50 bits per heavy atom. The Kier molecular flexibility index (Phi) is 5.68. The summed E-state index contributed by atoms with van der Waals surface area (Å²) in [7, 11) is 0. The molecule has 2 aliphatic carbocycles. The van der Waals surface area contributed by atoms with E-state index in [0.717, 1.165) is 16.9 Å². The summed E-state index contributed by atoms with van der Waals surface area (Å²) in [6.45, 7) is 4.91. The minimum absolute atomic E-state index is 0.0797. The van der Waals surface area contributed by atoms with Crippen LogP contribution < -0.4 is 0 Å². The fourth-order valence-corrected chi connectivity index (χ4v) is 7.01. The minimum Gasteiger partial charge on any atom is -0.453 e. The topological polar surface area (TPSA) is 80.8 Å². The Hall–Kier alpha value is -1.54. The molecule has 0 N–H and O–H groups in total. The van der Waals surface area contributed by atoms with Gasteiger partial charge in [0, 0.05) is 15.2 Å². The molecule has 8 atom stereocenters. The minimum atomic E-state index is -1.06. The highest BCUT2D eigenvalue weighted by atomic mass is 79.9.